The fourth-order valence-electron chi connectivity index (χ4n) is 18.6. The molecule has 14 heteroatoms. The summed E-state index contributed by atoms with van der Waals surface area (Å²) in [7, 11) is 4.53. The molecule has 0 atom stereocenters. The number of ether oxygens (including phenoxy) is 2. The highest BCUT2D eigenvalue weighted by Gasteiger charge is 2.51. The lowest BCUT2D eigenvalue weighted by Crippen LogP contribution is -2.64. The predicted octanol–water partition coefficient (Wildman–Crippen LogP) is 20.0. The van der Waals surface area contributed by atoms with Crippen LogP contribution in [0.3, 0.4) is 0 Å². The Morgan fingerprint density at radius 2 is 0.555 bits per heavy atom. The molecule has 15 aromatic carbocycles. The first-order chi connectivity index (χ1) is 54.4. The summed E-state index contributed by atoms with van der Waals surface area (Å²) in [4.78, 5) is 17.2. The molecule has 9 nitrogen and oxygen atoms in total. The summed E-state index contributed by atoms with van der Waals surface area (Å²) < 4.78 is 20.7. The van der Waals surface area contributed by atoms with Gasteiger partial charge < -0.3 is 43.8 Å². The highest BCUT2D eigenvalue weighted by atomic mass is 32.1. The molecule has 2 aromatic heterocycles. The SMILES string of the molecule is CN1c2cc3c(cc2B2c4sc5ccccc5c4N(c4ccccc4)c4cc(N(c5ccccc5)c5ccccc5)cc1c42)B1c2cc4c(cc2Oc2cc(N(c5ccccc5)c5ccccc5)cc(c21)O3)N(C)c1cc(N(c2ccccc2)c2ccccc2)cc2c1B4c1sc3ccccc3c1N2c1ccccc1. The van der Waals surface area contributed by atoms with Crippen LogP contribution in [0.4, 0.5) is 108 Å². The second kappa shape index (κ2) is 24.6. The van der Waals surface area contributed by atoms with Gasteiger partial charge in [-0.3, -0.25) is 0 Å². The van der Waals surface area contributed by atoms with E-state index >= 15 is 0 Å². The van der Waals surface area contributed by atoms with E-state index < -0.39 is 0 Å². The zero-order chi connectivity index (χ0) is 72.4. The molecular weight excluding hydrogens is 1380 g/mol. The molecular formula is C96H64B3N7O2S2. The zero-order valence-electron chi connectivity index (χ0n) is 60.0. The van der Waals surface area contributed by atoms with Gasteiger partial charge in [0.25, 0.3) is 20.1 Å². The van der Waals surface area contributed by atoms with Crippen LogP contribution in [0.2, 0.25) is 0 Å². The van der Waals surface area contributed by atoms with Crippen LogP contribution in [-0.4, -0.2) is 34.2 Å². The molecule has 6 aliphatic heterocycles. The van der Waals surface area contributed by atoms with Crippen LogP contribution >= 0.6 is 22.7 Å². The van der Waals surface area contributed by atoms with Gasteiger partial charge in [0.2, 0.25) is 0 Å². The Labute approximate surface area is 647 Å². The zero-order valence-corrected chi connectivity index (χ0v) is 61.6. The largest absolute Gasteiger partial charge is 0.458 e. The summed E-state index contributed by atoms with van der Waals surface area (Å²) in [5, 5.41) is 2.45. The van der Waals surface area contributed by atoms with Crippen molar-refractivity contribution in [3.05, 3.63) is 352 Å². The van der Waals surface area contributed by atoms with Crippen molar-refractivity contribution < 1.29 is 9.47 Å². The minimum Gasteiger partial charge on any atom is -0.458 e. The Hall–Kier alpha value is -13.4. The third-order valence-corrected chi connectivity index (χ3v) is 25.6. The minimum absolute atomic E-state index is 0.175. The Balaban J connectivity index is 0.782. The standard InChI is InChI=1S/C96H64B3N7O2S2/c1-100-78-59-84-76(57-74(78)98-90-80(100)51-69(102(61-31-11-3-12-32-61)62-33-13-4-14-34-62)53-82(90)105(67-43-23-9-24-44-67)93-72-47-27-29-49-88(72)109-95(93)98)97-77-58-75-79(60-85(77)108-87-56-71(55-86(107-84)92(87)97)104(65-39-19-7-20-40-65)66-41-21-8-22-42-66)101(2)81-52-70(103(63-35-15-5-16-36-63)64-37-17-6-18-38-64)54-83-91(81)99(75)96-94(73-48-28-30-50-89(73)110-96)106(83)68-45-25-10-26-46-68/h3-60H,1-2H3. The molecule has 0 fully saturated rings. The summed E-state index contributed by atoms with van der Waals surface area (Å²) >= 11 is 3.84. The minimum atomic E-state index is -0.339. The van der Waals surface area contributed by atoms with Crippen molar-refractivity contribution >= 4 is 219 Å². The molecule has 516 valence electrons. The van der Waals surface area contributed by atoms with Crippen LogP contribution in [0.5, 0.6) is 23.0 Å². The first-order valence-corrected chi connectivity index (χ1v) is 39.2. The fourth-order valence-corrected chi connectivity index (χ4v) is 21.2. The van der Waals surface area contributed by atoms with Gasteiger partial charge in [0.1, 0.15) is 23.0 Å². The second-order valence-corrected chi connectivity index (χ2v) is 31.3. The maximum atomic E-state index is 7.79. The van der Waals surface area contributed by atoms with Crippen LogP contribution in [0.1, 0.15) is 0 Å². The topological polar surface area (TPSA) is 41.1 Å². The van der Waals surface area contributed by atoms with Gasteiger partial charge in [-0.2, -0.15) is 0 Å². The van der Waals surface area contributed by atoms with Crippen molar-refractivity contribution in [1.29, 1.82) is 0 Å². The molecule has 8 heterocycles. The molecule has 110 heavy (non-hydrogen) atoms. The molecule has 17 aromatic rings. The molecule has 0 unspecified atom stereocenters. The molecule has 0 amide bonds. The van der Waals surface area contributed by atoms with Crippen LogP contribution < -0.4 is 91.6 Å². The summed E-state index contributed by atoms with van der Waals surface area (Å²) in [6.07, 6.45) is 0. The van der Waals surface area contributed by atoms with E-state index in [1.54, 1.807) is 0 Å². The normalized spacial score (nSPS) is 13.4. The van der Waals surface area contributed by atoms with Crippen LogP contribution in [0.15, 0.2) is 352 Å². The van der Waals surface area contributed by atoms with Crippen molar-refractivity contribution in [2.45, 2.75) is 0 Å². The van der Waals surface area contributed by atoms with E-state index in [1.807, 2.05) is 22.7 Å². The van der Waals surface area contributed by atoms with E-state index in [0.29, 0.717) is 0 Å². The van der Waals surface area contributed by atoms with E-state index in [-0.39, 0.29) is 20.1 Å². The smallest absolute Gasteiger partial charge is 0.264 e. The van der Waals surface area contributed by atoms with Gasteiger partial charge in [0.15, 0.2) is 0 Å². The van der Waals surface area contributed by atoms with Crippen molar-refractivity contribution in [3.8, 4) is 23.0 Å². The number of rotatable bonds is 11. The van der Waals surface area contributed by atoms with Gasteiger partial charge in [0.05, 0.1) is 28.4 Å². The number of anilines is 19. The molecule has 23 rings (SSSR count). The van der Waals surface area contributed by atoms with Crippen molar-refractivity contribution in [1.82, 2.24) is 0 Å². The van der Waals surface area contributed by atoms with Crippen molar-refractivity contribution in [3.63, 3.8) is 0 Å². The van der Waals surface area contributed by atoms with Gasteiger partial charge >= 0.3 is 0 Å². The molecule has 0 radical (unpaired) electrons. The van der Waals surface area contributed by atoms with Gasteiger partial charge in [-0.05, 0) is 166 Å². The molecule has 6 aliphatic rings. The quantitative estimate of drug-likeness (QED) is 0.118. The lowest BCUT2D eigenvalue weighted by Gasteiger charge is -2.44. The molecule has 0 saturated heterocycles. The Bertz CT molecular complexity index is 6110. The van der Waals surface area contributed by atoms with Crippen LogP contribution in [0.25, 0.3) is 20.2 Å². The summed E-state index contributed by atoms with van der Waals surface area (Å²) in [5.74, 6) is 3.12. The van der Waals surface area contributed by atoms with Crippen molar-refractivity contribution in [2.24, 2.45) is 0 Å². The molecule has 0 aliphatic carbocycles. The average Bonchev–Trinajstić information content (AvgIpc) is 1.13. The van der Waals surface area contributed by atoms with Crippen LogP contribution in [0, 0.1) is 0 Å². The van der Waals surface area contributed by atoms with E-state index in [1.165, 1.54) is 63.0 Å². The van der Waals surface area contributed by atoms with E-state index in [0.717, 1.165) is 136 Å². The van der Waals surface area contributed by atoms with Gasteiger partial charge in [0, 0.05) is 153 Å². The maximum Gasteiger partial charge on any atom is 0.264 e. The molecule has 0 spiro atoms. The Morgan fingerprint density at radius 1 is 0.255 bits per heavy atom. The van der Waals surface area contributed by atoms with Gasteiger partial charge in [-0.25, -0.2) is 0 Å². The number of thiophene rings is 2. The number of para-hydroxylation sites is 8. The average molecular weight is 1440 g/mol. The summed E-state index contributed by atoms with van der Waals surface area (Å²) in [6, 6.07) is 129. The summed E-state index contributed by atoms with van der Waals surface area (Å²) in [6.45, 7) is -0.689. The van der Waals surface area contributed by atoms with E-state index in [9.17, 15) is 0 Å². The monoisotopic (exact) mass is 1440 g/mol. The van der Waals surface area contributed by atoms with Crippen molar-refractivity contribution in [2.75, 3.05) is 48.4 Å². The first-order valence-electron chi connectivity index (χ1n) is 37.6. The Kier molecular flexibility index (Phi) is 14.0. The number of hydrogen-bond donors (Lipinski definition) is 0. The summed E-state index contributed by atoms with van der Waals surface area (Å²) in [5.41, 5.74) is 28.9. The number of fused-ring (bicyclic) bond motifs is 16. The third kappa shape index (κ3) is 9.42. The molecule has 0 saturated carbocycles. The molecule has 0 bridgehead atoms. The highest BCUT2D eigenvalue weighted by Crippen LogP contribution is 2.54. The number of nitrogens with zero attached hydrogens (tertiary/aromatic N) is 7. The lowest BCUT2D eigenvalue weighted by molar-refractivity contribution is 0.465. The molecule has 0 N–H and O–H groups in total. The van der Waals surface area contributed by atoms with E-state index in [2.05, 4.69) is 400 Å². The number of benzene rings is 15. The number of hydrogen-bond acceptors (Lipinski definition) is 11. The van der Waals surface area contributed by atoms with Crippen LogP contribution in [-0.2, 0) is 0 Å². The third-order valence-electron chi connectivity index (χ3n) is 23.2. The fraction of sp³-hybridized carbons (Fsp3) is 0.0208. The first kappa shape index (κ1) is 62.8. The maximum absolute atomic E-state index is 7.79. The second-order valence-electron chi connectivity index (χ2n) is 29.2. The predicted molar refractivity (Wildman–Crippen MR) is 467 cm³/mol. The lowest BCUT2D eigenvalue weighted by atomic mass is 9.31. The highest BCUT2D eigenvalue weighted by molar-refractivity contribution is 7.34. The van der Waals surface area contributed by atoms with Gasteiger partial charge in [-0.1, -0.05) is 194 Å². The Morgan fingerprint density at radius 3 is 0.900 bits per heavy atom. The van der Waals surface area contributed by atoms with Gasteiger partial charge in [-0.15, -0.1) is 22.7 Å². The van der Waals surface area contributed by atoms with E-state index in [4.69, 9.17) is 9.47 Å².